The lowest BCUT2D eigenvalue weighted by molar-refractivity contribution is 0.629. The van der Waals surface area contributed by atoms with Crippen LogP contribution < -0.4 is 5.32 Å². The van der Waals surface area contributed by atoms with Gasteiger partial charge in [-0.2, -0.15) is 0 Å². The van der Waals surface area contributed by atoms with Crippen LogP contribution in [0.2, 0.25) is 10.0 Å². The minimum absolute atomic E-state index is 0.0149. The number of H-pyrrole nitrogens is 1. The molecule has 0 saturated carbocycles. The van der Waals surface area contributed by atoms with E-state index in [0.29, 0.717) is 12.2 Å². The summed E-state index contributed by atoms with van der Waals surface area (Å²) in [7, 11) is 0. The Bertz CT molecular complexity index is 744. The topological polar surface area (TPSA) is 27.8 Å². The Kier molecular flexibility index (Phi) is 3.55. The van der Waals surface area contributed by atoms with E-state index >= 15 is 0 Å². The smallest absolute Gasteiger partial charge is 0.160 e. The average molecular weight is 309 g/mol. The zero-order chi connectivity index (χ0) is 14.1. The van der Waals surface area contributed by atoms with E-state index in [0.717, 1.165) is 16.5 Å². The Morgan fingerprint density at radius 1 is 1.05 bits per heavy atom. The van der Waals surface area contributed by atoms with Crippen LogP contribution in [0, 0.1) is 5.82 Å². The molecule has 0 radical (unpaired) electrons. The zero-order valence-corrected chi connectivity index (χ0v) is 11.9. The molecule has 2 nitrogen and oxygen atoms in total. The van der Waals surface area contributed by atoms with Gasteiger partial charge in [-0.3, -0.25) is 0 Å². The lowest BCUT2D eigenvalue weighted by Crippen LogP contribution is -1.99. The molecule has 0 saturated heterocycles. The SMILES string of the molecule is Fc1c(Cl)cc(NCc2ccc3[nH]ccc3c2)cc1Cl. The predicted molar refractivity (Wildman–Crippen MR) is 82.0 cm³/mol. The number of hydrogen-bond acceptors (Lipinski definition) is 1. The number of fused-ring (bicyclic) bond motifs is 1. The number of halogens is 3. The Labute approximate surface area is 125 Å². The van der Waals surface area contributed by atoms with Crippen LogP contribution in [0.3, 0.4) is 0 Å². The highest BCUT2D eigenvalue weighted by Crippen LogP contribution is 2.27. The van der Waals surface area contributed by atoms with Gasteiger partial charge in [0, 0.05) is 23.9 Å². The Balaban J connectivity index is 1.78. The van der Waals surface area contributed by atoms with E-state index in [4.69, 9.17) is 23.2 Å². The molecule has 3 rings (SSSR count). The Morgan fingerprint density at radius 3 is 2.55 bits per heavy atom. The van der Waals surface area contributed by atoms with Crippen LogP contribution in [0.5, 0.6) is 0 Å². The van der Waals surface area contributed by atoms with Gasteiger partial charge in [-0.15, -0.1) is 0 Å². The molecule has 5 heteroatoms. The maximum Gasteiger partial charge on any atom is 0.160 e. The first-order valence-corrected chi connectivity index (χ1v) is 6.83. The minimum atomic E-state index is -0.590. The van der Waals surface area contributed by atoms with Crippen molar-refractivity contribution in [2.24, 2.45) is 0 Å². The van der Waals surface area contributed by atoms with Gasteiger partial charge in [0.25, 0.3) is 0 Å². The van der Waals surface area contributed by atoms with Crippen molar-refractivity contribution < 1.29 is 4.39 Å². The zero-order valence-electron chi connectivity index (χ0n) is 10.4. The molecular weight excluding hydrogens is 298 g/mol. The molecule has 3 aromatic rings. The number of anilines is 1. The van der Waals surface area contributed by atoms with Gasteiger partial charge in [0.2, 0.25) is 0 Å². The summed E-state index contributed by atoms with van der Waals surface area (Å²) < 4.78 is 13.3. The molecule has 0 bridgehead atoms. The van der Waals surface area contributed by atoms with Crippen LogP contribution in [-0.2, 0) is 6.54 Å². The van der Waals surface area contributed by atoms with Gasteiger partial charge in [0.15, 0.2) is 5.82 Å². The summed E-state index contributed by atoms with van der Waals surface area (Å²) in [5, 5.41) is 4.36. The lowest BCUT2D eigenvalue weighted by Gasteiger charge is -2.08. The van der Waals surface area contributed by atoms with Gasteiger partial charge in [0.05, 0.1) is 10.0 Å². The van der Waals surface area contributed by atoms with E-state index in [2.05, 4.69) is 16.4 Å². The molecule has 0 amide bonds. The highest BCUT2D eigenvalue weighted by atomic mass is 35.5. The fourth-order valence-electron chi connectivity index (χ4n) is 2.07. The van der Waals surface area contributed by atoms with Crippen LogP contribution in [0.25, 0.3) is 10.9 Å². The Hall–Kier alpha value is -1.71. The molecule has 2 aromatic carbocycles. The predicted octanol–water partition coefficient (Wildman–Crippen LogP) is 5.23. The maximum atomic E-state index is 13.3. The number of rotatable bonds is 3. The standard InChI is InChI=1S/C15H11Cl2FN2/c16-12-6-11(7-13(17)15(12)18)20-8-9-1-2-14-10(5-9)3-4-19-14/h1-7,19-20H,8H2. The van der Waals surface area contributed by atoms with Crippen molar-refractivity contribution in [3.8, 4) is 0 Å². The molecule has 20 heavy (non-hydrogen) atoms. The molecule has 0 unspecified atom stereocenters. The third kappa shape index (κ3) is 2.60. The second-order valence-corrected chi connectivity index (χ2v) is 5.32. The molecule has 0 atom stereocenters. The maximum absolute atomic E-state index is 13.3. The highest BCUT2D eigenvalue weighted by Gasteiger charge is 2.07. The van der Waals surface area contributed by atoms with Crippen molar-refractivity contribution in [1.29, 1.82) is 0 Å². The number of hydrogen-bond donors (Lipinski definition) is 2. The van der Waals surface area contributed by atoms with Gasteiger partial charge in [-0.1, -0.05) is 29.3 Å². The summed E-state index contributed by atoms with van der Waals surface area (Å²) >= 11 is 11.5. The van der Waals surface area contributed by atoms with E-state index in [1.54, 1.807) is 0 Å². The van der Waals surface area contributed by atoms with Gasteiger partial charge in [0.1, 0.15) is 0 Å². The van der Waals surface area contributed by atoms with Crippen LogP contribution in [-0.4, -0.2) is 4.98 Å². The third-order valence-electron chi connectivity index (χ3n) is 3.10. The van der Waals surface area contributed by atoms with Gasteiger partial charge >= 0.3 is 0 Å². The monoisotopic (exact) mass is 308 g/mol. The van der Waals surface area contributed by atoms with Crippen LogP contribution in [0.15, 0.2) is 42.6 Å². The molecule has 102 valence electrons. The van der Waals surface area contributed by atoms with Gasteiger partial charge in [-0.25, -0.2) is 4.39 Å². The largest absolute Gasteiger partial charge is 0.381 e. The number of benzene rings is 2. The molecule has 0 aliphatic heterocycles. The molecular formula is C15H11Cl2FN2. The highest BCUT2D eigenvalue weighted by molar-refractivity contribution is 6.35. The summed E-state index contributed by atoms with van der Waals surface area (Å²) in [6.07, 6.45) is 1.90. The Morgan fingerprint density at radius 2 is 1.80 bits per heavy atom. The number of aromatic amines is 1. The number of aromatic nitrogens is 1. The molecule has 1 heterocycles. The molecule has 2 N–H and O–H groups in total. The second kappa shape index (κ2) is 5.35. The van der Waals surface area contributed by atoms with Crippen LogP contribution >= 0.6 is 23.2 Å². The second-order valence-electron chi connectivity index (χ2n) is 4.51. The normalized spacial score (nSPS) is 10.9. The van der Waals surface area contributed by atoms with E-state index < -0.39 is 5.82 Å². The quantitative estimate of drug-likeness (QED) is 0.637. The van der Waals surface area contributed by atoms with Crippen molar-refractivity contribution in [2.45, 2.75) is 6.54 Å². The van der Waals surface area contributed by atoms with Crippen molar-refractivity contribution >= 4 is 39.8 Å². The molecule has 0 fully saturated rings. The van der Waals surface area contributed by atoms with Crippen LogP contribution in [0.4, 0.5) is 10.1 Å². The van der Waals surface area contributed by atoms with Crippen molar-refractivity contribution in [2.75, 3.05) is 5.32 Å². The summed E-state index contributed by atoms with van der Waals surface area (Å²) in [5.41, 5.74) is 2.91. The first kappa shape index (κ1) is 13.3. The summed E-state index contributed by atoms with van der Waals surface area (Å²) in [6, 6.07) is 11.2. The first-order chi connectivity index (χ1) is 9.63. The van der Waals surface area contributed by atoms with Crippen molar-refractivity contribution in [1.82, 2.24) is 4.98 Å². The molecule has 0 aliphatic rings. The number of nitrogens with one attached hydrogen (secondary N) is 2. The molecule has 0 aliphatic carbocycles. The lowest BCUT2D eigenvalue weighted by atomic mass is 10.1. The third-order valence-corrected chi connectivity index (χ3v) is 3.65. The van der Waals surface area contributed by atoms with Gasteiger partial charge < -0.3 is 10.3 Å². The van der Waals surface area contributed by atoms with E-state index in [1.807, 2.05) is 24.4 Å². The fourth-order valence-corrected chi connectivity index (χ4v) is 2.56. The average Bonchev–Trinajstić information content (AvgIpc) is 2.89. The fraction of sp³-hybridized carbons (Fsp3) is 0.0667. The van der Waals surface area contributed by atoms with E-state index in [1.165, 1.54) is 12.1 Å². The summed E-state index contributed by atoms with van der Waals surface area (Å²) in [5.74, 6) is -0.590. The molecule has 0 spiro atoms. The van der Waals surface area contributed by atoms with Crippen molar-refractivity contribution in [3.05, 3.63) is 64.0 Å². The first-order valence-electron chi connectivity index (χ1n) is 6.08. The summed E-state index contributed by atoms with van der Waals surface area (Å²) in [4.78, 5) is 3.14. The van der Waals surface area contributed by atoms with Crippen molar-refractivity contribution in [3.63, 3.8) is 0 Å². The van der Waals surface area contributed by atoms with Crippen LogP contribution in [0.1, 0.15) is 5.56 Å². The van der Waals surface area contributed by atoms with E-state index in [-0.39, 0.29) is 10.0 Å². The molecule has 1 aromatic heterocycles. The minimum Gasteiger partial charge on any atom is -0.381 e. The van der Waals surface area contributed by atoms with E-state index in [9.17, 15) is 4.39 Å². The van der Waals surface area contributed by atoms with Gasteiger partial charge in [-0.05, 0) is 41.3 Å². The summed E-state index contributed by atoms with van der Waals surface area (Å²) in [6.45, 7) is 0.611.